The molecule has 1 unspecified atom stereocenters. The lowest BCUT2D eigenvalue weighted by Gasteiger charge is -2.29. The third-order valence-electron chi connectivity index (χ3n) is 5.25. The Hall–Kier alpha value is -2.91. The van der Waals surface area contributed by atoms with Crippen molar-refractivity contribution in [2.75, 3.05) is 18.5 Å². The minimum absolute atomic E-state index is 0.0134. The van der Waals surface area contributed by atoms with E-state index in [1.54, 1.807) is 13.1 Å². The van der Waals surface area contributed by atoms with Gasteiger partial charge in [-0.1, -0.05) is 38.0 Å². The van der Waals surface area contributed by atoms with Crippen LogP contribution in [0.4, 0.5) is 15.8 Å². The van der Waals surface area contributed by atoms with Gasteiger partial charge in [-0.25, -0.2) is 13.2 Å². The second-order valence-corrected chi connectivity index (χ2v) is 9.25. The molecule has 0 amide bonds. The van der Waals surface area contributed by atoms with Crippen molar-refractivity contribution in [3.8, 4) is 5.75 Å². The first-order valence-corrected chi connectivity index (χ1v) is 11.4. The summed E-state index contributed by atoms with van der Waals surface area (Å²) in [4.78, 5) is 12.6. The second-order valence-electron chi connectivity index (χ2n) is 7.28. The van der Waals surface area contributed by atoms with Crippen molar-refractivity contribution in [2.24, 2.45) is 0 Å². The van der Waals surface area contributed by atoms with Crippen LogP contribution in [-0.2, 0) is 14.8 Å². The minimum atomic E-state index is -3.87. The number of fused-ring (bicyclic) bond motifs is 1. The zero-order chi connectivity index (χ0) is 22.6. The Kier molecular flexibility index (Phi) is 6.97. The van der Waals surface area contributed by atoms with E-state index in [9.17, 15) is 17.6 Å². The summed E-state index contributed by atoms with van der Waals surface area (Å²) >= 11 is 0. The van der Waals surface area contributed by atoms with E-state index in [0.717, 1.165) is 18.5 Å². The summed E-state index contributed by atoms with van der Waals surface area (Å²) in [5.41, 5.74) is 1.33. The van der Waals surface area contributed by atoms with Gasteiger partial charge in [-0.05, 0) is 30.7 Å². The number of carboxylic acid groups (broad SMARTS) is 1. The summed E-state index contributed by atoms with van der Waals surface area (Å²) in [6.07, 6.45) is 2.98. The van der Waals surface area contributed by atoms with Crippen LogP contribution in [0, 0.1) is 0 Å². The summed E-state index contributed by atoms with van der Waals surface area (Å²) < 4.78 is 46.6. The molecule has 31 heavy (non-hydrogen) atoms. The van der Waals surface area contributed by atoms with Gasteiger partial charge >= 0.3 is 5.97 Å². The molecule has 7 nitrogen and oxygen atoms in total. The summed E-state index contributed by atoms with van der Waals surface area (Å²) in [5, 5.41) is 8.64. The zero-order valence-corrected chi connectivity index (χ0v) is 18.2. The van der Waals surface area contributed by atoms with Crippen LogP contribution in [0.25, 0.3) is 0 Å². The van der Waals surface area contributed by atoms with Crippen LogP contribution < -0.4 is 9.64 Å². The molecule has 1 aliphatic rings. The Morgan fingerprint density at radius 1 is 1.26 bits per heavy atom. The van der Waals surface area contributed by atoms with Gasteiger partial charge < -0.3 is 14.7 Å². The van der Waals surface area contributed by atoms with Crippen LogP contribution in [0.1, 0.15) is 26.2 Å². The molecule has 3 rings (SSSR count). The standard InChI is InChI=1S/C22H25FN2O5S/c1-3-4-8-17-14-25(16-9-6-5-7-10-16)20-12-11-18(30-15-19(23)22(26)27)13-21(20)31(28,29)24(17)2/h5-7,9-13,15,17H,3-4,8,14H2,1-2H3,(H,26,27)/b19-15-. The number of anilines is 2. The zero-order valence-electron chi connectivity index (χ0n) is 17.4. The van der Waals surface area contributed by atoms with Gasteiger partial charge in [0, 0.05) is 31.4 Å². The third-order valence-corrected chi connectivity index (χ3v) is 7.19. The molecule has 0 fully saturated rings. The molecule has 0 saturated heterocycles. The number of nitrogens with zero attached hydrogens (tertiary/aromatic N) is 2. The summed E-state index contributed by atoms with van der Waals surface area (Å²) in [6, 6.07) is 13.6. The first-order chi connectivity index (χ1) is 14.8. The quantitative estimate of drug-likeness (QED) is 0.502. The van der Waals surface area contributed by atoms with E-state index in [0.29, 0.717) is 24.9 Å². The van der Waals surface area contributed by atoms with Crippen LogP contribution in [-0.4, -0.2) is 43.4 Å². The maximum absolute atomic E-state index is 13.4. The van der Waals surface area contributed by atoms with E-state index in [-0.39, 0.29) is 16.7 Å². The van der Waals surface area contributed by atoms with Gasteiger partial charge in [0.2, 0.25) is 15.9 Å². The van der Waals surface area contributed by atoms with Crippen LogP contribution in [0.5, 0.6) is 5.75 Å². The van der Waals surface area contributed by atoms with E-state index in [1.165, 1.54) is 16.4 Å². The third kappa shape index (κ3) is 4.88. The molecule has 1 aliphatic heterocycles. The van der Waals surface area contributed by atoms with Gasteiger partial charge in [0.25, 0.3) is 0 Å². The lowest BCUT2D eigenvalue weighted by molar-refractivity contribution is -0.134. The fourth-order valence-electron chi connectivity index (χ4n) is 3.51. The Balaban J connectivity index is 2.11. The molecule has 0 spiro atoms. The molecule has 1 N–H and O–H groups in total. The predicted molar refractivity (Wildman–Crippen MR) is 116 cm³/mol. The smallest absolute Gasteiger partial charge is 0.368 e. The van der Waals surface area contributed by atoms with E-state index in [1.807, 2.05) is 35.2 Å². The molecule has 2 aromatic rings. The minimum Gasteiger partial charge on any atom is -0.476 e. The topological polar surface area (TPSA) is 87.1 Å². The number of sulfonamides is 1. The number of hydrogen-bond acceptors (Lipinski definition) is 5. The van der Waals surface area contributed by atoms with Gasteiger partial charge in [0.1, 0.15) is 16.9 Å². The molecule has 9 heteroatoms. The molecule has 0 radical (unpaired) electrons. The number of halogens is 1. The number of ether oxygens (including phenoxy) is 1. The maximum Gasteiger partial charge on any atom is 0.368 e. The summed E-state index contributed by atoms with van der Waals surface area (Å²) in [6.45, 7) is 2.53. The van der Waals surface area contributed by atoms with Gasteiger partial charge in [-0.3, -0.25) is 0 Å². The molecule has 0 saturated carbocycles. The van der Waals surface area contributed by atoms with Crippen molar-refractivity contribution in [1.82, 2.24) is 4.31 Å². The number of benzene rings is 2. The first-order valence-electron chi connectivity index (χ1n) is 9.96. The maximum atomic E-state index is 13.4. The highest BCUT2D eigenvalue weighted by Crippen LogP contribution is 2.39. The average Bonchev–Trinajstić information content (AvgIpc) is 2.84. The molecule has 0 aromatic heterocycles. The van der Waals surface area contributed by atoms with E-state index >= 15 is 0 Å². The number of rotatable bonds is 7. The number of carboxylic acids is 1. The number of hydrogen-bond donors (Lipinski definition) is 1. The van der Waals surface area contributed by atoms with Crippen LogP contribution in [0.15, 0.2) is 65.5 Å². The van der Waals surface area contributed by atoms with Crippen molar-refractivity contribution in [2.45, 2.75) is 37.1 Å². The molecule has 2 aromatic carbocycles. The number of likely N-dealkylation sites (N-methyl/N-ethyl adjacent to an activating group) is 1. The van der Waals surface area contributed by atoms with Crippen molar-refractivity contribution in [3.05, 3.63) is 60.6 Å². The van der Waals surface area contributed by atoms with E-state index < -0.39 is 21.8 Å². The molecule has 1 heterocycles. The van der Waals surface area contributed by atoms with Crippen LogP contribution >= 0.6 is 0 Å². The largest absolute Gasteiger partial charge is 0.476 e. The van der Waals surface area contributed by atoms with Gasteiger partial charge in [-0.2, -0.15) is 8.70 Å². The van der Waals surface area contributed by atoms with Crippen molar-refractivity contribution in [3.63, 3.8) is 0 Å². The number of unbranched alkanes of at least 4 members (excludes halogenated alkanes) is 1. The summed E-state index contributed by atoms with van der Waals surface area (Å²) in [5.74, 6) is -3.23. The van der Waals surface area contributed by atoms with E-state index in [4.69, 9.17) is 9.84 Å². The molecule has 0 bridgehead atoms. The van der Waals surface area contributed by atoms with Gasteiger partial charge in [-0.15, -0.1) is 0 Å². The number of carbonyl (C=O) groups is 1. The van der Waals surface area contributed by atoms with Crippen molar-refractivity contribution < 1.29 is 27.4 Å². The predicted octanol–water partition coefficient (Wildman–Crippen LogP) is 4.29. The second kappa shape index (κ2) is 9.49. The Morgan fingerprint density at radius 3 is 2.61 bits per heavy atom. The number of aliphatic carboxylic acids is 1. The SMILES string of the molecule is CCCCC1CN(c2ccccc2)c2ccc(O/C=C(\F)C(=O)O)cc2S(=O)(=O)N1C. The highest BCUT2D eigenvalue weighted by molar-refractivity contribution is 7.89. The van der Waals surface area contributed by atoms with Gasteiger partial charge in [0.15, 0.2) is 0 Å². The molecule has 166 valence electrons. The van der Waals surface area contributed by atoms with Crippen molar-refractivity contribution >= 4 is 27.4 Å². The molecular weight excluding hydrogens is 423 g/mol. The molecule has 1 atom stereocenters. The fourth-order valence-corrected chi connectivity index (χ4v) is 5.09. The molecule has 0 aliphatic carbocycles. The average molecular weight is 449 g/mol. The highest BCUT2D eigenvalue weighted by atomic mass is 32.2. The fraction of sp³-hybridized carbons (Fsp3) is 0.318. The monoisotopic (exact) mass is 448 g/mol. The number of para-hydroxylation sites is 1. The summed E-state index contributed by atoms with van der Waals surface area (Å²) in [7, 11) is -2.31. The molecular formula is C22H25FN2O5S. The highest BCUT2D eigenvalue weighted by Gasteiger charge is 2.36. The first kappa shape index (κ1) is 22.8. The Labute approximate surface area is 181 Å². The van der Waals surface area contributed by atoms with Crippen molar-refractivity contribution in [1.29, 1.82) is 0 Å². The van der Waals surface area contributed by atoms with Crippen LogP contribution in [0.2, 0.25) is 0 Å². The normalized spacial score (nSPS) is 18.9. The van der Waals surface area contributed by atoms with E-state index in [2.05, 4.69) is 6.92 Å². The van der Waals surface area contributed by atoms with Gasteiger partial charge in [0.05, 0.1) is 5.69 Å². The lowest BCUT2D eigenvalue weighted by Crippen LogP contribution is -2.40. The lowest BCUT2D eigenvalue weighted by atomic mass is 10.1. The Bertz CT molecular complexity index is 1070. The Morgan fingerprint density at radius 2 is 1.97 bits per heavy atom. The van der Waals surface area contributed by atoms with Crippen LogP contribution in [0.3, 0.4) is 0 Å².